The molecule has 1 heterocycles. The largest absolute Gasteiger partial charge is 0.299 e. The molecule has 4 atom stereocenters. The summed E-state index contributed by atoms with van der Waals surface area (Å²) in [5.41, 5.74) is 0.901. The van der Waals surface area contributed by atoms with Crippen LogP contribution in [0, 0.1) is 34.5 Å². The minimum absolute atomic E-state index is 0.0609. The molecule has 0 amide bonds. The van der Waals surface area contributed by atoms with Crippen molar-refractivity contribution in [2.24, 2.45) is 11.8 Å². The van der Waals surface area contributed by atoms with Crippen LogP contribution in [0.4, 0.5) is 0 Å². The summed E-state index contributed by atoms with van der Waals surface area (Å²) < 4.78 is 0. The Hall–Kier alpha value is -2.47. The van der Waals surface area contributed by atoms with Crippen LogP contribution >= 0.6 is 0 Å². The number of carbonyl (C=O) groups excluding carboxylic acids is 1. The molecule has 0 aromatic heterocycles. The highest BCUT2D eigenvalue weighted by molar-refractivity contribution is 5.82. The maximum Gasteiger partial charge on any atom is 0.138 e. The Balaban J connectivity index is 1.85. The molecular formula is C19H18N2O3. The maximum absolute atomic E-state index is 12.1. The predicted molar refractivity (Wildman–Crippen MR) is 86.2 cm³/mol. The summed E-state index contributed by atoms with van der Waals surface area (Å²) in [7, 11) is 0. The number of fused-ring (bicyclic) bond motifs is 2. The maximum atomic E-state index is 12.1. The van der Waals surface area contributed by atoms with Gasteiger partial charge in [0, 0.05) is 18.3 Å². The number of nitrogens with zero attached hydrogens (tertiary/aromatic N) is 2. The fraction of sp³-hybridized carbons (Fsp3) is 0.421. The molecule has 2 aliphatic rings. The summed E-state index contributed by atoms with van der Waals surface area (Å²) in [6, 6.07) is 9.06. The molecule has 5 nitrogen and oxygen atoms in total. The van der Waals surface area contributed by atoms with E-state index in [1.807, 2.05) is 38.1 Å². The molecule has 1 aliphatic heterocycles. The van der Waals surface area contributed by atoms with Crippen LogP contribution in [0.3, 0.4) is 0 Å². The van der Waals surface area contributed by atoms with E-state index < -0.39 is 5.60 Å². The van der Waals surface area contributed by atoms with Gasteiger partial charge in [0.1, 0.15) is 17.5 Å². The van der Waals surface area contributed by atoms with Crippen LogP contribution in [0.5, 0.6) is 0 Å². The van der Waals surface area contributed by atoms with Gasteiger partial charge >= 0.3 is 0 Å². The van der Waals surface area contributed by atoms with Crippen LogP contribution in [-0.2, 0) is 14.6 Å². The molecule has 122 valence electrons. The van der Waals surface area contributed by atoms with Gasteiger partial charge in [-0.15, -0.1) is 0 Å². The molecule has 1 aliphatic carbocycles. The van der Waals surface area contributed by atoms with Gasteiger partial charge in [-0.05, 0) is 43.2 Å². The summed E-state index contributed by atoms with van der Waals surface area (Å²) in [5.74, 6) is 0.142. The Kier molecular flexibility index (Phi) is 4.24. The lowest BCUT2D eigenvalue weighted by atomic mass is 9.71. The van der Waals surface area contributed by atoms with Gasteiger partial charge in [-0.1, -0.05) is 13.0 Å². The molecule has 0 N–H and O–H groups in total. The molecule has 3 rings (SSSR count). The van der Waals surface area contributed by atoms with Gasteiger partial charge in [0.05, 0.1) is 23.3 Å². The van der Waals surface area contributed by atoms with Crippen LogP contribution in [0.15, 0.2) is 24.3 Å². The second-order valence-corrected chi connectivity index (χ2v) is 6.69. The number of hydrogen-bond donors (Lipinski definition) is 0. The first-order chi connectivity index (χ1) is 11.4. The zero-order valence-electron chi connectivity index (χ0n) is 13.7. The Labute approximate surface area is 141 Å². The van der Waals surface area contributed by atoms with E-state index >= 15 is 0 Å². The molecule has 1 aromatic rings. The first-order valence-corrected chi connectivity index (χ1v) is 7.97. The first-order valence-electron chi connectivity index (χ1n) is 7.97. The van der Waals surface area contributed by atoms with Crippen molar-refractivity contribution >= 4 is 11.9 Å². The van der Waals surface area contributed by atoms with E-state index in [2.05, 4.69) is 0 Å². The van der Waals surface area contributed by atoms with E-state index in [-0.39, 0.29) is 23.7 Å². The smallest absolute Gasteiger partial charge is 0.138 e. The topological polar surface area (TPSA) is 83.1 Å². The lowest BCUT2D eigenvalue weighted by Crippen LogP contribution is -2.51. The second kappa shape index (κ2) is 6.20. The highest BCUT2D eigenvalue weighted by Gasteiger charge is 2.48. The molecule has 2 bridgehead atoms. The minimum atomic E-state index is -0.707. The zero-order valence-corrected chi connectivity index (χ0v) is 13.7. The van der Waals surface area contributed by atoms with Gasteiger partial charge in [-0.3, -0.25) is 4.79 Å². The Morgan fingerprint density at radius 3 is 2.54 bits per heavy atom. The van der Waals surface area contributed by atoms with Crippen LogP contribution in [0.2, 0.25) is 0 Å². The molecule has 1 aromatic carbocycles. The van der Waals surface area contributed by atoms with Crippen LogP contribution in [-0.4, -0.2) is 17.5 Å². The third kappa shape index (κ3) is 2.97. The highest BCUT2D eigenvalue weighted by atomic mass is 17.2. The van der Waals surface area contributed by atoms with Gasteiger partial charge in [-0.2, -0.15) is 10.5 Å². The van der Waals surface area contributed by atoms with Crippen molar-refractivity contribution in [1.29, 1.82) is 10.5 Å². The Bertz CT molecular complexity index is 755. The zero-order chi connectivity index (χ0) is 17.3. The van der Waals surface area contributed by atoms with Crippen LogP contribution in [0.1, 0.15) is 43.4 Å². The molecule has 1 saturated carbocycles. The average molecular weight is 322 g/mol. The van der Waals surface area contributed by atoms with E-state index in [9.17, 15) is 4.79 Å². The summed E-state index contributed by atoms with van der Waals surface area (Å²) in [5, 5.41) is 18.1. The fourth-order valence-corrected chi connectivity index (χ4v) is 3.30. The van der Waals surface area contributed by atoms with E-state index in [0.717, 1.165) is 12.0 Å². The Morgan fingerprint density at radius 2 is 1.92 bits per heavy atom. The number of Topliss-reactive ketones (excluding diaryl/α,β-unsaturated/α-hetero) is 1. The number of carbonyl (C=O) groups is 1. The first kappa shape index (κ1) is 16.4. The summed E-state index contributed by atoms with van der Waals surface area (Å²) >= 11 is 0. The van der Waals surface area contributed by atoms with Gasteiger partial charge in [0.2, 0.25) is 0 Å². The van der Waals surface area contributed by atoms with E-state index in [4.69, 9.17) is 20.3 Å². The van der Waals surface area contributed by atoms with Crippen molar-refractivity contribution in [3.63, 3.8) is 0 Å². The Morgan fingerprint density at radius 1 is 1.25 bits per heavy atom. The van der Waals surface area contributed by atoms with Gasteiger partial charge in [0.15, 0.2) is 0 Å². The number of benzene rings is 1. The monoisotopic (exact) mass is 322 g/mol. The lowest BCUT2D eigenvalue weighted by molar-refractivity contribution is -0.415. The lowest BCUT2D eigenvalue weighted by Gasteiger charge is -2.45. The minimum Gasteiger partial charge on any atom is -0.299 e. The molecule has 5 heteroatoms. The van der Waals surface area contributed by atoms with Crippen molar-refractivity contribution in [1.82, 2.24) is 0 Å². The molecule has 1 saturated heterocycles. The molecule has 0 spiro atoms. The molecule has 0 radical (unpaired) electrons. The van der Waals surface area contributed by atoms with Gasteiger partial charge in [0.25, 0.3) is 0 Å². The van der Waals surface area contributed by atoms with Crippen molar-refractivity contribution < 1.29 is 14.6 Å². The van der Waals surface area contributed by atoms with E-state index in [0.29, 0.717) is 17.5 Å². The van der Waals surface area contributed by atoms with E-state index in [1.165, 1.54) is 0 Å². The number of hydrogen-bond acceptors (Lipinski definition) is 5. The van der Waals surface area contributed by atoms with Crippen molar-refractivity contribution in [3.05, 3.63) is 41.0 Å². The summed E-state index contributed by atoms with van der Waals surface area (Å²) in [4.78, 5) is 23.2. The van der Waals surface area contributed by atoms with Crippen LogP contribution < -0.4 is 0 Å². The number of rotatable bonds is 2. The number of nitriles is 2. The quantitative estimate of drug-likeness (QED) is 0.781. The van der Waals surface area contributed by atoms with Crippen molar-refractivity contribution in [3.8, 4) is 12.1 Å². The molecule has 24 heavy (non-hydrogen) atoms. The average Bonchev–Trinajstić information content (AvgIpc) is 2.60. The van der Waals surface area contributed by atoms with Gasteiger partial charge in [-0.25, -0.2) is 9.78 Å². The fourth-order valence-electron chi connectivity index (χ4n) is 3.30. The SMILES string of the molecule is C[C@@H]1C(=O)C[C@H]2C[C@@H]1OO[C@@]2(C)/C=C\c1cc(C#N)cc(C#N)c1. The number of ketones is 1. The van der Waals surface area contributed by atoms with Gasteiger partial charge < -0.3 is 0 Å². The standard InChI is InChI=1S/C19H18N2O3/c1-12-17(22)8-16-9-18(12)23-24-19(16,2)4-3-13-5-14(10-20)7-15(6-13)11-21/h3-7,12,16,18H,8-9H2,1-2H3/b4-3-/t12-,16+,18+,19+/m1/s1. The second-order valence-electron chi connectivity index (χ2n) is 6.69. The predicted octanol–water partition coefficient (Wildman–Crippen LogP) is 3.15. The van der Waals surface area contributed by atoms with E-state index in [1.54, 1.807) is 18.2 Å². The molecule has 2 fully saturated rings. The van der Waals surface area contributed by atoms with Crippen molar-refractivity contribution in [2.45, 2.75) is 38.4 Å². The summed E-state index contributed by atoms with van der Waals surface area (Å²) in [6.07, 6.45) is 4.76. The van der Waals surface area contributed by atoms with Crippen molar-refractivity contribution in [2.75, 3.05) is 0 Å². The highest BCUT2D eigenvalue weighted by Crippen LogP contribution is 2.43. The third-order valence-corrected chi connectivity index (χ3v) is 5.01. The summed E-state index contributed by atoms with van der Waals surface area (Å²) in [6.45, 7) is 3.77. The normalized spacial score (nSPS) is 32.3. The molecule has 0 unspecified atom stereocenters. The van der Waals surface area contributed by atoms with Crippen LogP contribution in [0.25, 0.3) is 6.08 Å². The molecular weight excluding hydrogens is 304 g/mol. The third-order valence-electron chi connectivity index (χ3n) is 5.01.